The molecule has 0 bridgehead atoms. The highest BCUT2D eigenvalue weighted by molar-refractivity contribution is 5.81. The Labute approximate surface area is 106 Å². The number of aliphatic hydroxyl groups is 1. The van der Waals surface area contributed by atoms with Gasteiger partial charge in [-0.05, 0) is 37.7 Å². The van der Waals surface area contributed by atoms with Crippen LogP contribution in [0.25, 0.3) is 10.9 Å². The Morgan fingerprint density at radius 2 is 2.22 bits per heavy atom. The first kappa shape index (κ1) is 12.9. The molecule has 1 heterocycles. The minimum Gasteiger partial charge on any atom is -0.392 e. The minimum absolute atomic E-state index is 0.254. The summed E-state index contributed by atoms with van der Waals surface area (Å²) in [6.45, 7) is 2.85. The van der Waals surface area contributed by atoms with Crippen LogP contribution in [0, 0.1) is 5.82 Å². The third kappa shape index (κ3) is 3.03. The molecule has 0 aliphatic rings. The van der Waals surface area contributed by atoms with Crippen LogP contribution < -0.4 is 0 Å². The Morgan fingerprint density at radius 1 is 1.44 bits per heavy atom. The Kier molecular flexibility index (Phi) is 3.89. The van der Waals surface area contributed by atoms with Crippen LogP contribution >= 0.6 is 0 Å². The fourth-order valence-corrected chi connectivity index (χ4v) is 2.15. The molecule has 0 saturated heterocycles. The zero-order chi connectivity index (χ0) is 13.1. The first-order valence-electron chi connectivity index (χ1n) is 5.96. The van der Waals surface area contributed by atoms with Gasteiger partial charge in [0.1, 0.15) is 5.82 Å². The molecule has 1 aromatic heterocycles. The summed E-state index contributed by atoms with van der Waals surface area (Å²) in [4.78, 5) is 6.25. The van der Waals surface area contributed by atoms with E-state index < -0.39 is 6.10 Å². The van der Waals surface area contributed by atoms with Crippen LogP contribution in [0.4, 0.5) is 4.39 Å². The van der Waals surface area contributed by atoms with Gasteiger partial charge in [-0.15, -0.1) is 0 Å². The molecule has 96 valence electrons. The summed E-state index contributed by atoms with van der Waals surface area (Å²) < 4.78 is 13.5. The smallest absolute Gasteiger partial charge is 0.124 e. The highest BCUT2D eigenvalue weighted by Crippen LogP contribution is 2.19. The first-order valence-corrected chi connectivity index (χ1v) is 5.96. The van der Waals surface area contributed by atoms with Gasteiger partial charge in [0.15, 0.2) is 0 Å². The normalized spacial score (nSPS) is 13.2. The van der Waals surface area contributed by atoms with Crippen LogP contribution in [0.5, 0.6) is 0 Å². The number of fused-ring (bicyclic) bond motifs is 1. The summed E-state index contributed by atoms with van der Waals surface area (Å²) >= 11 is 0. The van der Waals surface area contributed by atoms with E-state index in [4.69, 9.17) is 0 Å². The van der Waals surface area contributed by atoms with Gasteiger partial charge in [0.05, 0.1) is 11.6 Å². The van der Waals surface area contributed by atoms with Gasteiger partial charge >= 0.3 is 0 Å². The summed E-state index contributed by atoms with van der Waals surface area (Å²) in [5, 5.41) is 10.1. The lowest BCUT2D eigenvalue weighted by Crippen LogP contribution is -2.26. The van der Waals surface area contributed by atoms with E-state index in [1.165, 1.54) is 12.1 Å². The molecule has 2 rings (SSSR count). The summed E-state index contributed by atoms with van der Waals surface area (Å²) in [5.41, 5.74) is 1.66. The molecule has 0 aliphatic heterocycles. The number of benzene rings is 1. The number of halogens is 1. The highest BCUT2D eigenvalue weighted by atomic mass is 19.1. The predicted molar refractivity (Wildman–Crippen MR) is 69.7 cm³/mol. The van der Waals surface area contributed by atoms with E-state index >= 15 is 0 Å². The molecule has 0 spiro atoms. The maximum atomic E-state index is 13.5. The SMILES string of the molecule is CC(O)CN(C)Cc1cc(F)cc2cccnc12. The zero-order valence-electron chi connectivity index (χ0n) is 10.6. The molecule has 0 aliphatic carbocycles. The lowest BCUT2D eigenvalue weighted by atomic mass is 10.1. The van der Waals surface area contributed by atoms with E-state index in [9.17, 15) is 9.50 Å². The number of hydrogen-bond acceptors (Lipinski definition) is 3. The van der Waals surface area contributed by atoms with Gasteiger partial charge in [0, 0.05) is 24.7 Å². The maximum Gasteiger partial charge on any atom is 0.124 e. The second kappa shape index (κ2) is 5.42. The first-order chi connectivity index (χ1) is 8.56. The third-order valence-electron chi connectivity index (χ3n) is 2.76. The number of nitrogens with zero attached hydrogens (tertiary/aromatic N) is 2. The quantitative estimate of drug-likeness (QED) is 0.901. The standard InChI is InChI=1S/C14H17FN2O/c1-10(18)8-17(2)9-12-7-13(15)6-11-4-3-5-16-14(11)12/h3-7,10,18H,8-9H2,1-2H3. The Morgan fingerprint density at radius 3 is 2.94 bits per heavy atom. The summed E-state index contributed by atoms with van der Waals surface area (Å²) in [6, 6.07) is 6.64. The summed E-state index contributed by atoms with van der Waals surface area (Å²) in [5.74, 6) is -0.254. The van der Waals surface area contributed by atoms with Crippen molar-refractivity contribution in [3.05, 3.63) is 41.8 Å². The van der Waals surface area contributed by atoms with Crippen molar-refractivity contribution in [3.63, 3.8) is 0 Å². The molecular weight excluding hydrogens is 231 g/mol. The molecule has 0 amide bonds. The molecule has 1 unspecified atom stereocenters. The second-order valence-electron chi connectivity index (χ2n) is 4.69. The van der Waals surface area contributed by atoms with E-state index in [0.717, 1.165) is 16.5 Å². The average Bonchev–Trinajstić information content (AvgIpc) is 2.27. The monoisotopic (exact) mass is 248 g/mol. The molecule has 4 heteroatoms. The number of likely N-dealkylation sites (N-methyl/N-ethyl adjacent to an activating group) is 1. The van der Waals surface area contributed by atoms with Crippen molar-refractivity contribution in [1.82, 2.24) is 9.88 Å². The topological polar surface area (TPSA) is 36.4 Å². The predicted octanol–water partition coefficient (Wildman–Crippen LogP) is 2.19. The van der Waals surface area contributed by atoms with Crippen LogP contribution in [-0.4, -0.2) is 34.7 Å². The van der Waals surface area contributed by atoms with Gasteiger partial charge < -0.3 is 5.11 Å². The molecular formula is C14H17FN2O. The van der Waals surface area contributed by atoms with Crippen molar-refractivity contribution in [3.8, 4) is 0 Å². The van der Waals surface area contributed by atoms with Gasteiger partial charge in [-0.3, -0.25) is 9.88 Å². The van der Waals surface area contributed by atoms with E-state index in [1.54, 1.807) is 19.2 Å². The number of aromatic nitrogens is 1. The fraction of sp³-hybridized carbons (Fsp3) is 0.357. The van der Waals surface area contributed by atoms with Crippen LogP contribution in [-0.2, 0) is 6.54 Å². The number of aliphatic hydroxyl groups excluding tert-OH is 1. The van der Waals surface area contributed by atoms with Crippen molar-refractivity contribution >= 4 is 10.9 Å². The van der Waals surface area contributed by atoms with Gasteiger partial charge in [-0.1, -0.05) is 6.07 Å². The third-order valence-corrected chi connectivity index (χ3v) is 2.76. The van der Waals surface area contributed by atoms with Crippen molar-refractivity contribution < 1.29 is 9.50 Å². The molecule has 0 radical (unpaired) electrons. The zero-order valence-corrected chi connectivity index (χ0v) is 10.6. The molecule has 3 nitrogen and oxygen atoms in total. The number of pyridine rings is 1. The summed E-state index contributed by atoms with van der Waals surface area (Å²) in [7, 11) is 1.90. The van der Waals surface area contributed by atoms with Crippen LogP contribution in [0.15, 0.2) is 30.5 Å². The van der Waals surface area contributed by atoms with Crippen LogP contribution in [0.3, 0.4) is 0 Å². The van der Waals surface area contributed by atoms with E-state index in [-0.39, 0.29) is 5.82 Å². The number of rotatable bonds is 4. The van der Waals surface area contributed by atoms with E-state index in [0.29, 0.717) is 13.1 Å². The Bertz CT molecular complexity index is 542. The molecule has 0 fully saturated rings. The van der Waals surface area contributed by atoms with Crippen molar-refractivity contribution in [2.75, 3.05) is 13.6 Å². The molecule has 1 aromatic carbocycles. The van der Waals surface area contributed by atoms with Gasteiger partial charge in [-0.25, -0.2) is 4.39 Å². The maximum absolute atomic E-state index is 13.5. The molecule has 1 N–H and O–H groups in total. The number of hydrogen-bond donors (Lipinski definition) is 1. The van der Waals surface area contributed by atoms with E-state index in [1.807, 2.05) is 18.0 Å². The lowest BCUT2D eigenvalue weighted by Gasteiger charge is -2.19. The van der Waals surface area contributed by atoms with Crippen molar-refractivity contribution in [2.45, 2.75) is 19.6 Å². The van der Waals surface area contributed by atoms with Crippen LogP contribution in [0.1, 0.15) is 12.5 Å². The minimum atomic E-state index is -0.400. The average molecular weight is 248 g/mol. The molecule has 2 aromatic rings. The molecule has 18 heavy (non-hydrogen) atoms. The second-order valence-corrected chi connectivity index (χ2v) is 4.69. The Hall–Kier alpha value is -1.52. The molecule has 1 atom stereocenters. The highest BCUT2D eigenvalue weighted by Gasteiger charge is 2.09. The van der Waals surface area contributed by atoms with Gasteiger partial charge in [0.25, 0.3) is 0 Å². The van der Waals surface area contributed by atoms with Crippen LogP contribution in [0.2, 0.25) is 0 Å². The molecule has 0 saturated carbocycles. The van der Waals surface area contributed by atoms with Gasteiger partial charge in [0.2, 0.25) is 0 Å². The Balaban J connectivity index is 2.32. The largest absolute Gasteiger partial charge is 0.392 e. The summed E-state index contributed by atoms with van der Waals surface area (Å²) in [6.07, 6.45) is 1.31. The lowest BCUT2D eigenvalue weighted by molar-refractivity contribution is 0.138. The van der Waals surface area contributed by atoms with Crippen molar-refractivity contribution in [2.24, 2.45) is 0 Å². The fourth-order valence-electron chi connectivity index (χ4n) is 2.15. The van der Waals surface area contributed by atoms with Crippen molar-refractivity contribution in [1.29, 1.82) is 0 Å². The van der Waals surface area contributed by atoms with Gasteiger partial charge in [-0.2, -0.15) is 0 Å². The van der Waals surface area contributed by atoms with E-state index in [2.05, 4.69) is 4.98 Å².